The van der Waals surface area contributed by atoms with Gasteiger partial charge in [-0.15, -0.1) is 0 Å². The lowest BCUT2D eigenvalue weighted by atomic mass is 10.1. The fraction of sp³-hybridized carbons (Fsp3) is 0.562. The molecule has 0 bridgehead atoms. The second kappa shape index (κ2) is 9.50. The van der Waals surface area contributed by atoms with Gasteiger partial charge < -0.3 is 15.8 Å². The Hall–Kier alpha value is -1.43. The van der Waals surface area contributed by atoms with Crippen LogP contribution in [0, 0.1) is 0 Å². The molecule has 1 rings (SSSR count). The zero-order valence-corrected chi connectivity index (χ0v) is 13.3. The summed E-state index contributed by atoms with van der Waals surface area (Å²) in [6.45, 7) is 8.02. The number of hydrogen-bond acceptors (Lipinski definition) is 4. The van der Waals surface area contributed by atoms with Crippen molar-refractivity contribution in [1.29, 1.82) is 0 Å². The van der Waals surface area contributed by atoms with Crippen LogP contribution in [0.5, 0.6) is 0 Å². The normalized spacial score (nSPS) is 12.4. The Bertz CT molecular complexity index is 433. The minimum atomic E-state index is -0.617. The molecule has 0 aliphatic heterocycles. The Morgan fingerprint density at radius 2 is 2.00 bits per heavy atom. The summed E-state index contributed by atoms with van der Waals surface area (Å²) in [5.41, 5.74) is 8.02. The number of nitrogens with zero attached hydrogens (tertiary/aromatic N) is 1. The monoisotopic (exact) mass is 293 g/mol. The first kappa shape index (κ1) is 17.6. The van der Waals surface area contributed by atoms with Crippen molar-refractivity contribution in [3.8, 4) is 0 Å². The van der Waals surface area contributed by atoms with Gasteiger partial charge in [-0.3, -0.25) is 9.69 Å². The number of carbonyl (C=O) groups excluding carboxylic acids is 1. The summed E-state index contributed by atoms with van der Waals surface area (Å²) in [7, 11) is 1.53. The Labute approximate surface area is 127 Å². The quantitative estimate of drug-likeness (QED) is 0.716. The second-order valence-corrected chi connectivity index (χ2v) is 5.06. The van der Waals surface area contributed by atoms with E-state index in [0.29, 0.717) is 6.54 Å². The Kier molecular flexibility index (Phi) is 7.97. The second-order valence-electron chi connectivity index (χ2n) is 5.06. The molecule has 1 unspecified atom stereocenters. The first-order chi connectivity index (χ1) is 10.1. The third-order valence-corrected chi connectivity index (χ3v) is 3.44. The number of methoxy groups -OCH3 is 1. The lowest BCUT2D eigenvalue weighted by molar-refractivity contribution is -0.123. The molecule has 3 N–H and O–H groups in total. The summed E-state index contributed by atoms with van der Waals surface area (Å²) in [5.74, 6) is -0.189. The number of rotatable bonds is 9. The van der Waals surface area contributed by atoms with Crippen LogP contribution in [0.3, 0.4) is 0 Å². The van der Waals surface area contributed by atoms with E-state index < -0.39 is 6.04 Å². The van der Waals surface area contributed by atoms with Crippen LogP contribution in [0.1, 0.15) is 25.0 Å². The largest absolute Gasteiger partial charge is 0.383 e. The summed E-state index contributed by atoms with van der Waals surface area (Å²) >= 11 is 0. The Morgan fingerprint density at radius 1 is 1.33 bits per heavy atom. The molecule has 0 aliphatic carbocycles. The predicted octanol–water partition coefficient (Wildman–Crippen LogP) is 1.12. The lowest BCUT2D eigenvalue weighted by Crippen LogP contribution is -2.43. The topological polar surface area (TPSA) is 67.6 Å². The van der Waals surface area contributed by atoms with Gasteiger partial charge in [-0.05, 0) is 24.2 Å². The van der Waals surface area contributed by atoms with Crippen molar-refractivity contribution in [2.45, 2.75) is 33.0 Å². The zero-order chi connectivity index (χ0) is 15.7. The zero-order valence-electron chi connectivity index (χ0n) is 13.3. The molecule has 0 aromatic heterocycles. The van der Waals surface area contributed by atoms with E-state index in [2.05, 4.69) is 36.2 Å². The molecule has 0 radical (unpaired) electrons. The van der Waals surface area contributed by atoms with Gasteiger partial charge in [0.1, 0.15) is 6.04 Å². The molecule has 5 nitrogen and oxygen atoms in total. The van der Waals surface area contributed by atoms with E-state index in [-0.39, 0.29) is 12.5 Å². The van der Waals surface area contributed by atoms with Gasteiger partial charge in [0.2, 0.25) is 5.91 Å². The highest BCUT2D eigenvalue weighted by molar-refractivity contribution is 5.81. The average Bonchev–Trinajstić information content (AvgIpc) is 2.50. The van der Waals surface area contributed by atoms with Crippen molar-refractivity contribution in [2.24, 2.45) is 5.73 Å². The van der Waals surface area contributed by atoms with E-state index in [0.717, 1.165) is 25.2 Å². The molecule has 21 heavy (non-hydrogen) atoms. The molecule has 0 saturated carbocycles. The molecule has 0 aliphatic rings. The van der Waals surface area contributed by atoms with Crippen LogP contribution in [0.2, 0.25) is 0 Å². The summed E-state index contributed by atoms with van der Waals surface area (Å²) in [6, 6.07) is 7.65. The summed E-state index contributed by atoms with van der Waals surface area (Å²) in [6.07, 6.45) is 0. The summed E-state index contributed by atoms with van der Waals surface area (Å²) in [4.78, 5) is 14.1. The summed E-state index contributed by atoms with van der Waals surface area (Å²) in [5, 5.41) is 2.83. The highest BCUT2D eigenvalue weighted by Crippen LogP contribution is 2.08. The molecule has 118 valence electrons. The van der Waals surface area contributed by atoms with Crippen LogP contribution in [0.25, 0.3) is 0 Å². The molecule has 1 aromatic rings. The van der Waals surface area contributed by atoms with Gasteiger partial charge in [0.15, 0.2) is 0 Å². The van der Waals surface area contributed by atoms with E-state index in [9.17, 15) is 4.79 Å². The molecular formula is C16H27N3O2. The molecule has 1 atom stereocenters. The predicted molar refractivity (Wildman–Crippen MR) is 84.8 cm³/mol. The molecule has 0 fully saturated rings. The first-order valence-corrected chi connectivity index (χ1v) is 7.43. The molecule has 1 amide bonds. The molecule has 0 heterocycles. The number of amides is 1. The third kappa shape index (κ3) is 6.25. The number of hydrogen-bond donors (Lipinski definition) is 2. The van der Waals surface area contributed by atoms with E-state index >= 15 is 0 Å². The van der Waals surface area contributed by atoms with Gasteiger partial charge >= 0.3 is 0 Å². The van der Waals surface area contributed by atoms with E-state index in [1.165, 1.54) is 12.7 Å². The minimum absolute atomic E-state index is 0.189. The van der Waals surface area contributed by atoms with Crippen LogP contribution in [0.4, 0.5) is 0 Å². The maximum absolute atomic E-state index is 11.7. The van der Waals surface area contributed by atoms with Crippen molar-refractivity contribution < 1.29 is 9.53 Å². The van der Waals surface area contributed by atoms with E-state index in [1.807, 2.05) is 12.1 Å². The molecular weight excluding hydrogens is 266 g/mol. The van der Waals surface area contributed by atoms with Crippen LogP contribution < -0.4 is 11.1 Å². The van der Waals surface area contributed by atoms with Crippen LogP contribution >= 0.6 is 0 Å². The maximum Gasteiger partial charge on any atom is 0.239 e. The van der Waals surface area contributed by atoms with Crippen molar-refractivity contribution >= 4 is 5.91 Å². The van der Waals surface area contributed by atoms with E-state index in [1.54, 1.807) is 0 Å². The van der Waals surface area contributed by atoms with Gasteiger partial charge in [-0.1, -0.05) is 38.1 Å². The van der Waals surface area contributed by atoms with Gasteiger partial charge in [0.05, 0.1) is 6.61 Å². The van der Waals surface area contributed by atoms with Crippen molar-refractivity contribution in [2.75, 3.05) is 26.8 Å². The number of carbonyl (C=O) groups is 1. The fourth-order valence-corrected chi connectivity index (χ4v) is 2.12. The lowest BCUT2D eigenvalue weighted by Gasteiger charge is -2.18. The number of nitrogens with two attached hydrogens (primary N) is 1. The van der Waals surface area contributed by atoms with E-state index in [4.69, 9.17) is 10.5 Å². The SMILES string of the molecule is CCN(CC)Cc1cccc(CNC(=O)C(N)COC)c1. The van der Waals surface area contributed by atoms with Crippen LogP contribution in [-0.2, 0) is 22.6 Å². The highest BCUT2D eigenvalue weighted by Gasteiger charge is 2.12. The average molecular weight is 293 g/mol. The molecule has 5 heteroatoms. The number of nitrogens with one attached hydrogen (secondary N) is 1. The first-order valence-electron chi connectivity index (χ1n) is 7.43. The minimum Gasteiger partial charge on any atom is -0.383 e. The molecule has 0 saturated heterocycles. The highest BCUT2D eigenvalue weighted by atomic mass is 16.5. The van der Waals surface area contributed by atoms with Crippen molar-refractivity contribution in [3.63, 3.8) is 0 Å². The smallest absolute Gasteiger partial charge is 0.239 e. The van der Waals surface area contributed by atoms with Crippen molar-refractivity contribution in [1.82, 2.24) is 10.2 Å². The number of ether oxygens (including phenoxy) is 1. The third-order valence-electron chi connectivity index (χ3n) is 3.44. The van der Waals surface area contributed by atoms with Gasteiger partial charge in [0, 0.05) is 20.2 Å². The molecule has 0 spiro atoms. The molecule has 1 aromatic carbocycles. The van der Waals surface area contributed by atoms with Crippen LogP contribution in [0.15, 0.2) is 24.3 Å². The van der Waals surface area contributed by atoms with Gasteiger partial charge in [-0.25, -0.2) is 0 Å². The Balaban J connectivity index is 2.54. The fourth-order valence-electron chi connectivity index (χ4n) is 2.12. The summed E-state index contributed by atoms with van der Waals surface area (Å²) < 4.78 is 4.87. The maximum atomic E-state index is 11.7. The van der Waals surface area contributed by atoms with Gasteiger partial charge in [-0.2, -0.15) is 0 Å². The Morgan fingerprint density at radius 3 is 2.62 bits per heavy atom. The number of benzene rings is 1. The van der Waals surface area contributed by atoms with Crippen molar-refractivity contribution in [3.05, 3.63) is 35.4 Å². The van der Waals surface area contributed by atoms with Gasteiger partial charge in [0.25, 0.3) is 0 Å². The van der Waals surface area contributed by atoms with Crippen LogP contribution in [-0.4, -0.2) is 43.7 Å². The standard InChI is InChI=1S/C16H27N3O2/c1-4-19(5-2)11-14-8-6-7-13(9-14)10-18-16(20)15(17)12-21-3/h6-9,15H,4-5,10-12,17H2,1-3H3,(H,18,20).